The highest BCUT2D eigenvalue weighted by Crippen LogP contribution is 2.28. The molecule has 2 aromatic rings. The molecule has 0 radical (unpaired) electrons. The second kappa shape index (κ2) is 5.85. The van der Waals surface area contributed by atoms with Gasteiger partial charge in [-0.3, -0.25) is 0 Å². The van der Waals surface area contributed by atoms with Crippen LogP contribution in [0.25, 0.3) is 0 Å². The second-order valence-electron chi connectivity index (χ2n) is 4.61. The molecule has 2 rings (SSSR count). The van der Waals surface area contributed by atoms with Crippen molar-refractivity contribution in [3.8, 4) is 5.75 Å². The van der Waals surface area contributed by atoms with Gasteiger partial charge in [0.2, 0.25) is 0 Å². The third kappa shape index (κ3) is 3.12. The van der Waals surface area contributed by atoms with Gasteiger partial charge < -0.3 is 10.5 Å². The number of hydrogen-bond donors (Lipinski definition) is 1. The van der Waals surface area contributed by atoms with E-state index in [1.165, 1.54) is 12.1 Å². The van der Waals surface area contributed by atoms with Crippen LogP contribution in [0.1, 0.15) is 22.8 Å². The number of ether oxygens (including phenoxy) is 1. The predicted octanol–water partition coefficient (Wildman–Crippen LogP) is 3.52. The zero-order valence-electron chi connectivity index (χ0n) is 11.2. The lowest BCUT2D eigenvalue weighted by Gasteiger charge is -2.20. The van der Waals surface area contributed by atoms with Crippen molar-refractivity contribution in [1.29, 1.82) is 0 Å². The van der Waals surface area contributed by atoms with Gasteiger partial charge in [0.15, 0.2) is 0 Å². The summed E-state index contributed by atoms with van der Waals surface area (Å²) in [7, 11) is 0. The number of nitrogens with two attached hydrogens (primary N) is 1. The van der Waals surface area contributed by atoms with E-state index in [9.17, 15) is 4.39 Å². The highest BCUT2D eigenvalue weighted by molar-refractivity contribution is 5.40. The van der Waals surface area contributed by atoms with Crippen molar-refractivity contribution in [1.82, 2.24) is 0 Å². The molecule has 0 aliphatic heterocycles. The van der Waals surface area contributed by atoms with Crippen LogP contribution in [0.2, 0.25) is 0 Å². The van der Waals surface area contributed by atoms with Crippen LogP contribution in [0.15, 0.2) is 42.5 Å². The maximum absolute atomic E-state index is 12.9. The Labute approximate surface area is 113 Å². The van der Waals surface area contributed by atoms with Gasteiger partial charge in [-0.1, -0.05) is 30.3 Å². The van der Waals surface area contributed by atoms with Crippen molar-refractivity contribution in [3.63, 3.8) is 0 Å². The molecular weight excluding hydrogens is 241 g/mol. The Kier molecular flexibility index (Phi) is 4.17. The second-order valence-corrected chi connectivity index (χ2v) is 4.61. The van der Waals surface area contributed by atoms with Gasteiger partial charge in [0, 0.05) is 6.54 Å². The standard InChI is InChI=1S/C16H18FNO/c1-11-4-3-5-12(2)16(11)19-15(10-18)13-6-8-14(17)9-7-13/h3-9,15H,10,18H2,1-2H3. The summed E-state index contributed by atoms with van der Waals surface area (Å²) in [4.78, 5) is 0. The summed E-state index contributed by atoms with van der Waals surface area (Å²) < 4.78 is 18.9. The van der Waals surface area contributed by atoms with Gasteiger partial charge in [-0.2, -0.15) is 0 Å². The number of halogens is 1. The van der Waals surface area contributed by atoms with Gasteiger partial charge in [0.05, 0.1) is 0 Å². The third-order valence-corrected chi connectivity index (χ3v) is 3.12. The van der Waals surface area contributed by atoms with E-state index in [1.807, 2.05) is 32.0 Å². The molecule has 0 aliphatic rings. The quantitative estimate of drug-likeness (QED) is 0.911. The van der Waals surface area contributed by atoms with Crippen LogP contribution in [-0.4, -0.2) is 6.54 Å². The first-order valence-corrected chi connectivity index (χ1v) is 6.30. The van der Waals surface area contributed by atoms with Crippen molar-refractivity contribution in [2.45, 2.75) is 20.0 Å². The molecule has 2 nitrogen and oxygen atoms in total. The molecule has 0 fully saturated rings. The van der Waals surface area contributed by atoms with Crippen molar-refractivity contribution >= 4 is 0 Å². The van der Waals surface area contributed by atoms with E-state index in [-0.39, 0.29) is 11.9 Å². The van der Waals surface area contributed by atoms with Gasteiger partial charge in [-0.05, 0) is 42.7 Å². The van der Waals surface area contributed by atoms with Gasteiger partial charge in [0.25, 0.3) is 0 Å². The van der Waals surface area contributed by atoms with Gasteiger partial charge >= 0.3 is 0 Å². The van der Waals surface area contributed by atoms with Gasteiger partial charge in [-0.15, -0.1) is 0 Å². The Hall–Kier alpha value is -1.87. The van der Waals surface area contributed by atoms with Crippen molar-refractivity contribution in [2.75, 3.05) is 6.54 Å². The number of aryl methyl sites for hydroxylation is 2. The van der Waals surface area contributed by atoms with Gasteiger partial charge in [0.1, 0.15) is 17.7 Å². The average molecular weight is 259 g/mol. The lowest BCUT2D eigenvalue weighted by molar-refractivity contribution is 0.211. The van der Waals surface area contributed by atoms with Crippen LogP contribution in [0, 0.1) is 19.7 Å². The Morgan fingerprint density at radius 1 is 1.05 bits per heavy atom. The van der Waals surface area contributed by atoms with Crippen LogP contribution in [0.3, 0.4) is 0 Å². The third-order valence-electron chi connectivity index (χ3n) is 3.12. The number of rotatable bonds is 4. The van der Waals surface area contributed by atoms with Crippen LogP contribution >= 0.6 is 0 Å². The fourth-order valence-corrected chi connectivity index (χ4v) is 2.06. The monoisotopic (exact) mass is 259 g/mol. The summed E-state index contributed by atoms with van der Waals surface area (Å²) in [6, 6.07) is 12.3. The molecule has 3 heteroatoms. The van der Waals surface area contributed by atoms with Crippen LogP contribution < -0.4 is 10.5 Å². The number of hydrogen-bond acceptors (Lipinski definition) is 2. The van der Waals surface area contributed by atoms with Crippen LogP contribution in [0.4, 0.5) is 4.39 Å². The summed E-state index contributed by atoms with van der Waals surface area (Å²) in [5, 5.41) is 0. The minimum absolute atomic E-state index is 0.258. The first kappa shape index (κ1) is 13.6. The van der Waals surface area contributed by atoms with E-state index < -0.39 is 0 Å². The molecule has 1 atom stereocenters. The fourth-order valence-electron chi connectivity index (χ4n) is 2.06. The summed E-state index contributed by atoms with van der Waals surface area (Å²) in [5.41, 5.74) is 8.79. The largest absolute Gasteiger partial charge is 0.484 e. The smallest absolute Gasteiger partial charge is 0.136 e. The first-order chi connectivity index (χ1) is 9.11. The average Bonchev–Trinajstić information content (AvgIpc) is 2.40. The molecule has 0 saturated heterocycles. The Morgan fingerprint density at radius 3 is 2.16 bits per heavy atom. The lowest BCUT2D eigenvalue weighted by Crippen LogP contribution is -2.19. The van der Waals surface area contributed by atoms with E-state index in [0.717, 1.165) is 22.4 Å². The molecule has 1 unspecified atom stereocenters. The maximum Gasteiger partial charge on any atom is 0.136 e. The fraction of sp³-hybridized carbons (Fsp3) is 0.250. The SMILES string of the molecule is Cc1cccc(C)c1OC(CN)c1ccc(F)cc1. The lowest BCUT2D eigenvalue weighted by atomic mass is 10.1. The van der Waals surface area contributed by atoms with E-state index in [2.05, 4.69) is 0 Å². The zero-order chi connectivity index (χ0) is 13.8. The normalized spacial score (nSPS) is 12.2. The minimum Gasteiger partial charge on any atom is -0.484 e. The van der Waals surface area contributed by atoms with Gasteiger partial charge in [-0.25, -0.2) is 4.39 Å². The Balaban J connectivity index is 2.26. The molecule has 0 aromatic heterocycles. The Morgan fingerprint density at radius 2 is 1.63 bits per heavy atom. The van der Waals surface area contributed by atoms with E-state index in [1.54, 1.807) is 12.1 Å². The molecule has 0 bridgehead atoms. The summed E-state index contributed by atoms with van der Waals surface area (Å²) in [6.45, 7) is 4.35. The van der Waals surface area contributed by atoms with Crippen molar-refractivity contribution in [3.05, 3.63) is 65.0 Å². The first-order valence-electron chi connectivity index (χ1n) is 6.30. The predicted molar refractivity (Wildman–Crippen MR) is 74.7 cm³/mol. The number of benzene rings is 2. The molecule has 19 heavy (non-hydrogen) atoms. The summed E-state index contributed by atoms with van der Waals surface area (Å²) >= 11 is 0. The Bertz CT molecular complexity index is 531. The molecule has 2 aromatic carbocycles. The highest BCUT2D eigenvalue weighted by atomic mass is 19.1. The van der Waals surface area contributed by atoms with E-state index in [4.69, 9.17) is 10.5 Å². The zero-order valence-corrected chi connectivity index (χ0v) is 11.2. The molecular formula is C16H18FNO. The highest BCUT2D eigenvalue weighted by Gasteiger charge is 2.14. The molecule has 2 N–H and O–H groups in total. The molecule has 0 spiro atoms. The topological polar surface area (TPSA) is 35.2 Å². The number of para-hydroxylation sites is 1. The van der Waals surface area contributed by atoms with E-state index >= 15 is 0 Å². The molecule has 0 heterocycles. The molecule has 0 amide bonds. The van der Waals surface area contributed by atoms with Crippen molar-refractivity contribution < 1.29 is 9.13 Å². The summed E-state index contributed by atoms with van der Waals surface area (Å²) in [5.74, 6) is 0.592. The van der Waals surface area contributed by atoms with Crippen LogP contribution in [0.5, 0.6) is 5.75 Å². The minimum atomic E-state index is -0.264. The molecule has 100 valence electrons. The molecule has 0 aliphatic carbocycles. The van der Waals surface area contributed by atoms with E-state index in [0.29, 0.717) is 6.54 Å². The van der Waals surface area contributed by atoms with Crippen LogP contribution in [-0.2, 0) is 0 Å². The molecule has 0 saturated carbocycles. The summed E-state index contributed by atoms with van der Waals surface area (Å²) in [6.07, 6.45) is -0.264. The maximum atomic E-state index is 12.9. The van der Waals surface area contributed by atoms with Crippen molar-refractivity contribution in [2.24, 2.45) is 5.73 Å².